The Hall–Kier alpha value is -1.66. The van der Waals surface area contributed by atoms with Gasteiger partial charge < -0.3 is 15.1 Å². The van der Waals surface area contributed by atoms with E-state index >= 15 is 0 Å². The summed E-state index contributed by atoms with van der Waals surface area (Å²) in [6, 6.07) is 4.18. The van der Waals surface area contributed by atoms with Gasteiger partial charge in [-0.2, -0.15) is 0 Å². The van der Waals surface area contributed by atoms with E-state index in [1.165, 1.54) is 0 Å². The number of rotatable bonds is 3. The molecule has 1 aliphatic heterocycles. The lowest BCUT2D eigenvalue weighted by atomic mass is 10.2. The Morgan fingerprint density at radius 2 is 2.28 bits per heavy atom. The summed E-state index contributed by atoms with van der Waals surface area (Å²) in [5, 5.41) is 0. The maximum atomic E-state index is 5.50. The van der Waals surface area contributed by atoms with Crippen LogP contribution in [0.25, 0.3) is 11.2 Å². The fourth-order valence-corrected chi connectivity index (χ4v) is 2.46. The predicted octanol–water partition coefficient (Wildman–Crippen LogP) is 0.304. The highest BCUT2D eigenvalue weighted by atomic mass is 16.5. The highest BCUT2D eigenvalue weighted by Gasteiger charge is 2.31. The smallest absolute Gasteiger partial charge is 0.179 e. The van der Waals surface area contributed by atoms with Crippen molar-refractivity contribution in [1.82, 2.24) is 19.5 Å². The second-order valence-corrected chi connectivity index (χ2v) is 4.69. The summed E-state index contributed by atoms with van der Waals surface area (Å²) < 4.78 is 7.43. The first-order valence-corrected chi connectivity index (χ1v) is 6.04. The van der Waals surface area contributed by atoms with E-state index in [9.17, 15) is 0 Å². The van der Waals surface area contributed by atoms with Crippen molar-refractivity contribution in [3.8, 4) is 0 Å². The van der Waals surface area contributed by atoms with Crippen molar-refractivity contribution < 1.29 is 4.74 Å². The van der Waals surface area contributed by atoms with Crippen molar-refractivity contribution in [3.63, 3.8) is 0 Å². The van der Waals surface area contributed by atoms with Gasteiger partial charge in [-0.3, -0.25) is 0 Å². The van der Waals surface area contributed by atoms with E-state index in [0.717, 1.165) is 24.3 Å². The molecule has 0 saturated carbocycles. The van der Waals surface area contributed by atoms with Gasteiger partial charge in [-0.15, -0.1) is 0 Å². The van der Waals surface area contributed by atoms with Crippen LogP contribution in [0.5, 0.6) is 0 Å². The highest BCUT2D eigenvalue weighted by Crippen LogP contribution is 2.14. The quantitative estimate of drug-likeness (QED) is 0.845. The van der Waals surface area contributed by atoms with Crippen LogP contribution < -0.4 is 5.43 Å². The van der Waals surface area contributed by atoms with Crippen LogP contribution in [0, 0.1) is 0 Å². The Morgan fingerprint density at radius 3 is 3.11 bits per heavy atom. The molecule has 6 nitrogen and oxygen atoms in total. The fraction of sp³-hybridized carbons (Fsp3) is 0.500. The zero-order valence-electron chi connectivity index (χ0n) is 10.6. The summed E-state index contributed by atoms with van der Waals surface area (Å²) in [6.45, 7) is 1.90. The number of pyridine rings is 1. The Bertz CT molecular complexity index is 540. The van der Waals surface area contributed by atoms with Crippen molar-refractivity contribution in [2.45, 2.75) is 12.1 Å². The normalized spacial score (nSPS) is 24.8. The molecule has 1 fully saturated rings. The number of hydrogen-bond donors (Lipinski definition) is 1. The monoisotopic (exact) mass is 247 g/mol. The number of nitrogens with zero attached hydrogens (tertiary/aromatic N) is 4. The van der Waals surface area contributed by atoms with E-state index in [4.69, 9.17) is 4.74 Å². The maximum absolute atomic E-state index is 5.50. The van der Waals surface area contributed by atoms with Gasteiger partial charge in [-0.25, -0.2) is 14.6 Å². The minimum atomic E-state index is 0.198. The number of aromatic nitrogens is 3. The molecule has 18 heavy (non-hydrogen) atoms. The minimum absolute atomic E-state index is 0.198. The van der Waals surface area contributed by atoms with E-state index in [1.807, 2.05) is 16.8 Å². The lowest BCUT2D eigenvalue weighted by molar-refractivity contribution is 0.102. The van der Waals surface area contributed by atoms with Crippen LogP contribution in [0.3, 0.4) is 0 Å². The maximum Gasteiger partial charge on any atom is 0.179 e. The molecule has 0 aliphatic carbocycles. The predicted molar refractivity (Wildman–Crippen MR) is 69.0 cm³/mol. The molecular formula is C12H17N5O. The molecule has 1 N–H and O–H groups in total. The molecule has 0 aromatic carbocycles. The lowest BCUT2D eigenvalue weighted by Gasteiger charge is -2.20. The average Bonchev–Trinajstić information content (AvgIpc) is 2.94. The Labute approximate surface area is 106 Å². The number of likely N-dealkylation sites (tertiary alicyclic amines) is 1. The topological polar surface area (TPSA) is 55.2 Å². The average molecular weight is 247 g/mol. The van der Waals surface area contributed by atoms with E-state index in [0.29, 0.717) is 0 Å². The zero-order valence-corrected chi connectivity index (χ0v) is 10.6. The summed E-state index contributed by atoms with van der Waals surface area (Å²) in [4.78, 5) is 10.7. The largest absolute Gasteiger partial charge is 0.378 e. The van der Waals surface area contributed by atoms with Crippen LogP contribution in [0.4, 0.5) is 0 Å². The van der Waals surface area contributed by atoms with Crippen LogP contribution in [0.15, 0.2) is 24.7 Å². The molecule has 3 rings (SSSR count). The van der Waals surface area contributed by atoms with Crippen molar-refractivity contribution in [2.24, 2.45) is 0 Å². The third-order valence-corrected chi connectivity index (χ3v) is 3.38. The second-order valence-electron chi connectivity index (χ2n) is 4.69. The van der Waals surface area contributed by atoms with Gasteiger partial charge in [0.1, 0.15) is 11.8 Å². The molecule has 2 aromatic heterocycles. The summed E-state index contributed by atoms with van der Waals surface area (Å²) in [7, 11) is 3.85. The molecule has 3 heterocycles. The fourth-order valence-electron chi connectivity index (χ4n) is 2.46. The molecule has 2 aromatic rings. The minimum Gasteiger partial charge on any atom is -0.378 e. The van der Waals surface area contributed by atoms with E-state index in [-0.39, 0.29) is 12.1 Å². The molecule has 1 saturated heterocycles. The van der Waals surface area contributed by atoms with Crippen LogP contribution in [0.1, 0.15) is 0 Å². The first-order valence-electron chi connectivity index (χ1n) is 6.04. The third-order valence-electron chi connectivity index (χ3n) is 3.38. The lowest BCUT2D eigenvalue weighted by Crippen LogP contribution is -2.38. The van der Waals surface area contributed by atoms with Gasteiger partial charge in [-0.05, 0) is 19.2 Å². The van der Waals surface area contributed by atoms with Crippen LogP contribution in [0.2, 0.25) is 0 Å². The van der Waals surface area contributed by atoms with E-state index in [2.05, 4.69) is 27.3 Å². The summed E-state index contributed by atoms with van der Waals surface area (Å²) in [6.07, 6.45) is 3.72. The summed E-state index contributed by atoms with van der Waals surface area (Å²) in [5.74, 6) is 0. The van der Waals surface area contributed by atoms with Gasteiger partial charge in [0.25, 0.3) is 0 Å². The summed E-state index contributed by atoms with van der Waals surface area (Å²) in [5.41, 5.74) is 5.19. The molecule has 0 spiro atoms. The first kappa shape index (κ1) is 11.4. The zero-order chi connectivity index (χ0) is 12.5. The van der Waals surface area contributed by atoms with E-state index < -0.39 is 0 Å². The Morgan fingerprint density at radius 1 is 1.39 bits per heavy atom. The van der Waals surface area contributed by atoms with Crippen LogP contribution in [-0.2, 0) is 4.74 Å². The van der Waals surface area contributed by atoms with Gasteiger partial charge in [0.05, 0.1) is 12.1 Å². The number of hydrogen-bond acceptors (Lipinski definition) is 5. The Balaban J connectivity index is 1.84. The molecular weight excluding hydrogens is 230 g/mol. The van der Waals surface area contributed by atoms with Crippen LogP contribution in [-0.4, -0.2) is 58.9 Å². The molecule has 0 unspecified atom stereocenters. The van der Waals surface area contributed by atoms with Gasteiger partial charge >= 0.3 is 0 Å². The molecule has 1 aliphatic rings. The number of nitrogens with one attached hydrogen (secondary N) is 1. The standard InChI is InChI=1S/C12H17N5O/c1-16-6-9(11(7-16)18-2)15-17-8-14-12-10(17)4-3-5-13-12/h3-5,8-9,11,15H,6-7H2,1-2H3/t9-,11-/m1/s1. The van der Waals surface area contributed by atoms with Crippen molar-refractivity contribution >= 4 is 11.2 Å². The van der Waals surface area contributed by atoms with Gasteiger partial charge in [0.15, 0.2) is 5.65 Å². The molecule has 96 valence electrons. The van der Waals surface area contributed by atoms with Gasteiger partial charge in [0, 0.05) is 26.4 Å². The van der Waals surface area contributed by atoms with Gasteiger partial charge in [0.2, 0.25) is 0 Å². The SMILES string of the molecule is CO[C@@H]1CN(C)C[C@H]1Nn1cnc2ncccc21. The second kappa shape index (κ2) is 4.55. The summed E-state index contributed by atoms with van der Waals surface area (Å²) >= 11 is 0. The van der Waals surface area contributed by atoms with Gasteiger partial charge in [-0.1, -0.05) is 0 Å². The number of methoxy groups -OCH3 is 1. The number of likely N-dealkylation sites (N-methyl/N-ethyl adjacent to an activating group) is 1. The number of imidazole rings is 1. The highest BCUT2D eigenvalue weighted by molar-refractivity contribution is 5.70. The van der Waals surface area contributed by atoms with E-state index in [1.54, 1.807) is 19.6 Å². The first-order chi connectivity index (χ1) is 8.78. The molecule has 0 bridgehead atoms. The molecule has 2 atom stereocenters. The van der Waals surface area contributed by atoms with Crippen molar-refractivity contribution in [1.29, 1.82) is 0 Å². The molecule has 0 amide bonds. The number of fused-ring (bicyclic) bond motifs is 1. The Kier molecular flexibility index (Phi) is 2.89. The van der Waals surface area contributed by atoms with Crippen molar-refractivity contribution in [3.05, 3.63) is 24.7 Å². The number of ether oxygens (including phenoxy) is 1. The molecule has 6 heteroatoms. The molecule has 0 radical (unpaired) electrons. The van der Waals surface area contributed by atoms with Crippen LogP contribution >= 0.6 is 0 Å². The van der Waals surface area contributed by atoms with Crippen molar-refractivity contribution in [2.75, 3.05) is 32.7 Å². The third kappa shape index (κ3) is 1.93.